The summed E-state index contributed by atoms with van der Waals surface area (Å²) in [6, 6.07) is 7.19. The van der Waals surface area contributed by atoms with Crippen LogP contribution in [0.1, 0.15) is 19.4 Å². The van der Waals surface area contributed by atoms with E-state index in [4.69, 9.17) is 9.47 Å². The molecule has 4 nitrogen and oxygen atoms in total. The third-order valence-corrected chi connectivity index (χ3v) is 1.88. The van der Waals surface area contributed by atoms with Crippen molar-refractivity contribution < 1.29 is 14.3 Å². The van der Waals surface area contributed by atoms with Crippen LogP contribution in [0, 0.1) is 0 Å². The van der Waals surface area contributed by atoms with Crippen LogP contribution in [-0.2, 0) is 9.53 Å². The molecular formula is C12H15NO3. The molecule has 16 heavy (non-hydrogen) atoms. The van der Waals surface area contributed by atoms with Gasteiger partial charge in [-0.15, -0.1) is 0 Å². The van der Waals surface area contributed by atoms with Gasteiger partial charge < -0.3 is 9.47 Å². The Kier molecular flexibility index (Phi) is 4.51. The van der Waals surface area contributed by atoms with E-state index in [0.717, 1.165) is 11.3 Å². The van der Waals surface area contributed by atoms with Gasteiger partial charge in [-0.2, -0.15) is 4.99 Å². The van der Waals surface area contributed by atoms with Crippen LogP contribution in [0.2, 0.25) is 0 Å². The highest BCUT2D eigenvalue weighted by Crippen LogP contribution is 2.12. The fourth-order valence-electron chi connectivity index (χ4n) is 1.19. The molecule has 0 aliphatic carbocycles. The standard InChI is InChI=1S/C12H15NO3/c1-4-16-12(13-9(2)14)10-5-7-11(15-3)8-6-10/h5-8H,4H2,1-3H3. The van der Waals surface area contributed by atoms with Crippen LogP contribution >= 0.6 is 0 Å². The minimum Gasteiger partial charge on any atom is -0.497 e. The summed E-state index contributed by atoms with van der Waals surface area (Å²) < 4.78 is 10.3. The van der Waals surface area contributed by atoms with Crippen molar-refractivity contribution in [1.82, 2.24) is 0 Å². The zero-order valence-corrected chi connectivity index (χ0v) is 9.69. The highest BCUT2D eigenvalue weighted by molar-refractivity contribution is 6.01. The Balaban J connectivity index is 2.97. The molecular weight excluding hydrogens is 206 g/mol. The van der Waals surface area contributed by atoms with E-state index in [-0.39, 0.29) is 5.91 Å². The highest BCUT2D eigenvalue weighted by atomic mass is 16.5. The molecule has 0 atom stereocenters. The van der Waals surface area contributed by atoms with Crippen molar-refractivity contribution in [2.45, 2.75) is 13.8 Å². The lowest BCUT2D eigenvalue weighted by Gasteiger charge is -2.07. The van der Waals surface area contributed by atoms with Crippen molar-refractivity contribution >= 4 is 11.8 Å². The fraction of sp³-hybridized carbons (Fsp3) is 0.333. The minimum absolute atomic E-state index is 0.278. The smallest absolute Gasteiger partial charge is 0.245 e. The topological polar surface area (TPSA) is 47.9 Å². The van der Waals surface area contributed by atoms with Crippen molar-refractivity contribution in [1.29, 1.82) is 0 Å². The van der Waals surface area contributed by atoms with Crippen LogP contribution in [-0.4, -0.2) is 25.5 Å². The summed E-state index contributed by atoms with van der Waals surface area (Å²) in [5.74, 6) is 0.819. The maximum Gasteiger partial charge on any atom is 0.245 e. The Morgan fingerprint density at radius 3 is 2.38 bits per heavy atom. The molecule has 0 N–H and O–H groups in total. The van der Waals surface area contributed by atoms with Crippen molar-refractivity contribution in [3.8, 4) is 5.75 Å². The van der Waals surface area contributed by atoms with E-state index >= 15 is 0 Å². The van der Waals surface area contributed by atoms with Gasteiger partial charge in [0.1, 0.15) is 5.75 Å². The Labute approximate surface area is 94.9 Å². The van der Waals surface area contributed by atoms with E-state index in [0.29, 0.717) is 12.5 Å². The molecule has 0 aromatic heterocycles. The van der Waals surface area contributed by atoms with Gasteiger partial charge in [0.25, 0.3) is 0 Å². The summed E-state index contributed by atoms with van der Waals surface area (Å²) in [6.45, 7) is 3.71. The average molecular weight is 221 g/mol. The number of ether oxygens (including phenoxy) is 2. The van der Waals surface area contributed by atoms with Crippen LogP contribution in [0.3, 0.4) is 0 Å². The first-order valence-electron chi connectivity index (χ1n) is 5.03. The van der Waals surface area contributed by atoms with E-state index in [2.05, 4.69) is 4.99 Å². The third-order valence-electron chi connectivity index (χ3n) is 1.88. The first-order chi connectivity index (χ1) is 7.67. The molecule has 0 saturated carbocycles. The van der Waals surface area contributed by atoms with Gasteiger partial charge in [-0.25, -0.2) is 0 Å². The SMILES string of the molecule is CCOC(=NC(C)=O)c1ccc(OC)cc1. The number of nitrogens with zero attached hydrogens (tertiary/aromatic N) is 1. The second-order valence-electron chi connectivity index (χ2n) is 3.10. The Morgan fingerprint density at radius 2 is 1.94 bits per heavy atom. The zero-order chi connectivity index (χ0) is 12.0. The van der Waals surface area contributed by atoms with Crippen LogP contribution < -0.4 is 4.74 Å². The van der Waals surface area contributed by atoms with Gasteiger partial charge in [0.2, 0.25) is 11.8 Å². The maximum atomic E-state index is 10.9. The second kappa shape index (κ2) is 5.90. The molecule has 1 rings (SSSR count). The molecule has 0 aliphatic rings. The minimum atomic E-state index is -0.278. The van der Waals surface area contributed by atoms with Gasteiger partial charge in [0.05, 0.1) is 13.7 Å². The molecule has 0 radical (unpaired) electrons. The molecule has 86 valence electrons. The number of carbonyl (C=O) groups excluding carboxylic acids is 1. The molecule has 1 aromatic carbocycles. The number of benzene rings is 1. The Bertz CT molecular complexity index is 382. The molecule has 0 heterocycles. The van der Waals surface area contributed by atoms with Crippen LogP contribution in [0.5, 0.6) is 5.75 Å². The molecule has 0 spiro atoms. The summed E-state index contributed by atoms with van der Waals surface area (Å²) >= 11 is 0. The zero-order valence-electron chi connectivity index (χ0n) is 9.69. The van der Waals surface area contributed by atoms with Gasteiger partial charge in [-0.1, -0.05) is 0 Å². The van der Waals surface area contributed by atoms with E-state index in [9.17, 15) is 4.79 Å². The maximum absolute atomic E-state index is 10.9. The first kappa shape index (κ1) is 12.2. The van der Waals surface area contributed by atoms with E-state index < -0.39 is 0 Å². The van der Waals surface area contributed by atoms with E-state index in [1.807, 2.05) is 6.92 Å². The summed E-state index contributed by atoms with van der Waals surface area (Å²) in [5.41, 5.74) is 0.762. The highest BCUT2D eigenvalue weighted by Gasteiger charge is 2.05. The average Bonchev–Trinajstić information content (AvgIpc) is 2.28. The Morgan fingerprint density at radius 1 is 1.31 bits per heavy atom. The summed E-state index contributed by atoms with van der Waals surface area (Å²) in [6.07, 6.45) is 0. The van der Waals surface area contributed by atoms with Crippen molar-refractivity contribution in [3.63, 3.8) is 0 Å². The number of hydrogen-bond donors (Lipinski definition) is 0. The fourth-order valence-corrected chi connectivity index (χ4v) is 1.19. The van der Waals surface area contributed by atoms with Crippen LogP contribution in [0.25, 0.3) is 0 Å². The number of aliphatic imine (C=N–C) groups is 1. The number of amides is 1. The number of carbonyl (C=O) groups is 1. The second-order valence-corrected chi connectivity index (χ2v) is 3.10. The number of hydrogen-bond acceptors (Lipinski definition) is 3. The van der Waals surface area contributed by atoms with Gasteiger partial charge in [-0.05, 0) is 31.2 Å². The van der Waals surface area contributed by atoms with Crippen LogP contribution in [0.15, 0.2) is 29.3 Å². The molecule has 0 saturated heterocycles. The molecule has 4 heteroatoms. The predicted molar refractivity (Wildman–Crippen MR) is 61.8 cm³/mol. The molecule has 0 fully saturated rings. The summed E-state index contributed by atoms with van der Waals surface area (Å²) in [4.78, 5) is 14.7. The molecule has 0 aliphatic heterocycles. The lowest BCUT2D eigenvalue weighted by molar-refractivity contribution is -0.115. The van der Waals surface area contributed by atoms with E-state index in [1.54, 1.807) is 31.4 Å². The molecule has 0 unspecified atom stereocenters. The Hall–Kier alpha value is -1.84. The van der Waals surface area contributed by atoms with Crippen molar-refractivity contribution in [2.24, 2.45) is 4.99 Å². The molecule has 1 aromatic rings. The first-order valence-corrected chi connectivity index (χ1v) is 5.03. The van der Waals surface area contributed by atoms with Crippen molar-refractivity contribution in [2.75, 3.05) is 13.7 Å². The molecule has 0 bridgehead atoms. The largest absolute Gasteiger partial charge is 0.497 e. The number of rotatable bonds is 3. The third kappa shape index (κ3) is 3.38. The summed E-state index contributed by atoms with van der Waals surface area (Å²) in [7, 11) is 1.60. The lowest BCUT2D eigenvalue weighted by atomic mass is 10.2. The number of methoxy groups -OCH3 is 1. The van der Waals surface area contributed by atoms with Gasteiger partial charge in [-0.3, -0.25) is 4.79 Å². The van der Waals surface area contributed by atoms with Gasteiger partial charge in [0.15, 0.2) is 0 Å². The van der Waals surface area contributed by atoms with Gasteiger partial charge in [0, 0.05) is 12.5 Å². The monoisotopic (exact) mass is 221 g/mol. The lowest BCUT2D eigenvalue weighted by Crippen LogP contribution is -2.08. The normalized spacial score (nSPS) is 11.1. The molecule has 1 amide bonds. The quantitative estimate of drug-likeness (QED) is 0.579. The summed E-state index contributed by atoms with van der Waals surface area (Å²) in [5, 5.41) is 0. The van der Waals surface area contributed by atoms with Crippen molar-refractivity contribution in [3.05, 3.63) is 29.8 Å². The van der Waals surface area contributed by atoms with E-state index in [1.165, 1.54) is 6.92 Å². The van der Waals surface area contributed by atoms with Crippen LogP contribution in [0.4, 0.5) is 0 Å². The van der Waals surface area contributed by atoms with Gasteiger partial charge >= 0.3 is 0 Å². The predicted octanol–water partition coefficient (Wildman–Crippen LogP) is 2.02.